The van der Waals surface area contributed by atoms with E-state index in [9.17, 15) is 13.2 Å². The average molecular weight is 425 g/mol. The highest BCUT2D eigenvalue weighted by Crippen LogP contribution is 2.32. The molecule has 0 spiro atoms. The summed E-state index contributed by atoms with van der Waals surface area (Å²) in [6, 6.07) is 12.7. The number of nitrogens with zero attached hydrogens (tertiary/aromatic N) is 2. The lowest BCUT2D eigenvalue weighted by Gasteiger charge is -2.28. The van der Waals surface area contributed by atoms with Gasteiger partial charge in [-0.15, -0.1) is 0 Å². The Morgan fingerprint density at radius 1 is 1.00 bits per heavy atom. The molecule has 2 aromatic carbocycles. The van der Waals surface area contributed by atoms with E-state index >= 15 is 0 Å². The van der Waals surface area contributed by atoms with Gasteiger partial charge in [0, 0.05) is 18.1 Å². The van der Waals surface area contributed by atoms with Crippen LogP contribution in [0.4, 0.5) is 5.69 Å². The quantitative estimate of drug-likeness (QED) is 0.614. The normalized spacial score (nSPS) is 11.1. The molecule has 0 bridgehead atoms. The third kappa shape index (κ3) is 4.97. The molecular formula is C20H25ClN2O4S. The van der Waals surface area contributed by atoms with Crippen LogP contribution in [0.1, 0.15) is 20.8 Å². The summed E-state index contributed by atoms with van der Waals surface area (Å²) in [5.41, 5.74) is 0.319. The Bertz CT molecular complexity index is 897. The molecule has 0 N–H and O–H groups in total. The van der Waals surface area contributed by atoms with Crippen molar-refractivity contribution in [3.63, 3.8) is 0 Å². The van der Waals surface area contributed by atoms with Crippen molar-refractivity contribution in [1.29, 1.82) is 0 Å². The second-order valence-electron chi connectivity index (χ2n) is 5.93. The molecule has 0 aromatic heterocycles. The van der Waals surface area contributed by atoms with E-state index in [0.29, 0.717) is 36.2 Å². The molecule has 28 heavy (non-hydrogen) atoms. The maximum absolute atomic E-state index is 13.4. The molecule has 0 atom stereocenters. The van der Waals surface area contributed by atoms with E-state index in [4.69, 9.17) is 16.3 Å². The van der Waals surface area contributed by atoms with Crippen molar-refractivity contribution >= 4 is 33.2 Å². The van der Waals surface area contributed by atoms with Crippen LogP contribution in [-0.2, 0) is 14.8 Å². The van der Waals surface area contributed by atoms with Crippen LogP contribution in [0.15, 0.2) is 53.4 Å². The van der Waals surface area contributed by atoms with Gasteiger partial charge >= 0.3 is 0 Å². The molecule has 0 saturated heterocycles. The SMILES string of the molecule is CCOc1ccccc1N(CC(=O)N(CC)CC)S(=O)(=O)c1ccc(Cl)cc1. The molecule has 0 radical (unpaired) electrons. The third-order valence-electron chi connectivity index (χ3n) is 4.23. The summed E-state index contributed by atoms with van der Waals surface area (Å²) in [7, 11) is -4.01. The first-order chi connectivity index (χ1) is 13.3. The highest BCUT2D eigenvalue weighted by atomic mass is 35.5. The number of para-hydroxylation sites is 2. The molecule has 6 nitrogen and oxygen atoms in total. The second-order valence-corrected chi connectivity index (χ2v) is 8.23. The van der Waals surface area contributed by atoms with Gasteiger partial charge in [0.25, 0.3) is 10.0 Å². The fourth-order valence-electron chi connectivity index (χ4n) is 2.77. The number of sulfonamides is 1. The largest absolute Gasteiger partial charge is 0.492 e. The van der Waals surface area contributed by atoms with E-state index in [1.165, 1.54) is 24.3 Å². The van der Waals surface area contributed by atoms with Crippen molar-refractivity contribution in [2.24, 2.45) is 0 Å². The Morgan fingerprint density at radius 2 is 1.61 bits per heavy atom. The first-order valence-electron chi connectivity index (χ1n) is 9.13. The van der Waals surface area contributed by atoms with Crippen molar-refractivity contribution in [2.75, 3.05) is 30.5 Å². The zero-order valence-electron chi connectivity index (χ0n) is 16.3. The topological polar surface area (TPSA) is 66.9 Å². The molecule has 152 valence electrons. The van der Waals surface area contributed by atoms with Crippen molar-refractivity contribution in [1.82, 2.24) is 4.90 Å². The van der Waals surface area contributed by atoms with Crippen LogP contribution in [0.3, 0.4) is 0 Å². The van der Waals surface area contributed by atoms with Crippen LogP contribution in [0.2, 0.25) is 5.02 Å². The molecule has 0 saturated carbocycles. The van der Waals surface area contributed by atoms with Gasteiger partial charge < -0.3 is 9.64 Å². The summed E-state index contributed by atoms with van der Waals surface area (Å²) >= 11 is 5.90. The van der Waals surface area contributed by atoms with E-state index in [2.05, 4.69) is 0 Å². The Morgan fingerprint density at radius 3 is 2.18 bits per heavy atom. The predicted molar refractivity (Wildman–Crippen MR) is 112 cm³/mol. The number of amides is 1. The molecule has 0 heterocycles. The summed E-state index contributed by atoms with van der Waals surface area (Å²) in [4.78, 5) is 14.4. The number of rotatable bonds is 9. The van der Waals surface area contributed by atoms with Crippen LogP contribution < -0.4 is 9.04 Å². The van der Waals surface area contributed by atoms with Crippen molar-refractivity contribution in [2.45, 2.75) is 25.7 Å². The van der Waals surface area contributed by atoms with Gasteiger partial charge in [-0.25, -0.2) is 8.42 Å². The molecule has 2 rings (SSSR count). The van der Waals surface area contributed by atoms with Gasteiger partial charge in [-0.2, -0.15) is 0 Å². The van der Waals surface area contributed by atoms with Gasteiger partial charge in [-0.3, -0.25) is 9.10 Å². The highest BCUT2D eigenvalue weighted by molar-refractivity contribution is 7.92. The fourth-order valence-corrected chi connectivity index (χ4v) is 4.32. The maximum atomic E-state index is 13.4. The fraction of sp³-hybridized carbons (Fsp3) is 0.350. The summed E-state index contributed by atoms with van der Waals surface area (Å²) in [6.45, 7) is 6.57. The molecule has 8 heteroatoms. The van der Waals surface area contributed by atoms with E-state index in [1.54, 1.807) is 29.2 Å². The van der Waals surface area contributed by atoms with Gasteiger partial charge in [-0.1, -0.05) is 23.7 Å². The number of carbonyl (C=O) groups is 1. The molecular weight excluding hydrogens is 400 g/mol. The number of anilines is 1. The van der Waals surface area contributed by atoms with E-state index in [0.717, 1.165) is 4.31 Å². The van der Waals surface area contributed by atoms with E-state index in [1.807, 2.05) is 20.8 Å². The second kappa shape index (κ2) is 9.80. The van der Waals surface area contributed by atoms with Gasteiger partial charge in [0.1, 0.15) is 12.3 Å². The van der Waals surface area contributed by atoms with Crippen LogP contribution in [-0.4, -0.2) is 45.5 Å². The molecule has 1 amide bonds. The van der Waals surface area contributed by atoms with Crippen LogP contribution in [0.5, 0.6) is 5.75 Å². The lowest BCUT2D eigenvalue weighted by Crippen LogP contribution is -2.43. The van der Waals surface area contributed by atoms with Crippen molar-refractivity contribution in [3.8, 4) is 5.75 Å². The molecule has 0 aliphatic heterocycles. The summed E-state index contributed by atoms with van der Waals surface area (Å²) in [5.74, 6) is 0.115. The molecule has 0 aliphatic carbocycles. The Balaban J connectivity index is 2.56. The number of halogens is 1. The monoisotopic (exact) mass is 424 g/mol. The smallest absolute Gasteiger partial charge is 0.264 e. The van der Waals surface area contributed by atoms with Crippen LogP contribution >= 0.6 is 11.6 Å². The van der Waals surface area contributed by atoms with Crippen molar-refractivity contribution in [3.05, 3.63) is 53.6 Å². The van der Waals surface area contributed by atoms with Crippen LogP contribution in [0, 0.1) is 0 Å². The van der Waals surface area contributed by atoms with Gasteiger partial charge in [0.2, 0.25) is 5.91 Å². The number of likely N-dealkylation sites (N-methyl/N-ethyl adjacent to an activating group) is 1. The molecule has 0 aliphatic rings. The zero-order valence-corrected chi connectivity index (χ0v) is 17.8. The van der Waals surface area contributed by atoms with Crippen molar-refractivity contribution < 1.29 is 17.9 Å². The Labute approximate surface area is 171 Å². The minimum atomic E-state index is -4.01. The zero-order chi connectivity index (χ0) is 20.7. The molecule has 0 unspecified atom stereocenters. The number of hydrogen-bond acceptors (Lipinski definition) is 4. The third-order valence-corrected chi connectivity index (χ3v) is 6.26. The maximum Gasteiger partial charge on any atom is 0.264 e. The van der Waals surface area contributed by atoms with Gasteiger partial charge in [0.15, 0.2) is 0 Å². The minimum Gasteiger partial charge on any atom is -0.492 e. The van der Waals surface area contributed by atoms with E-state index < -0.39 is 10.0 Å². The Kier molecular flexibility index (Phi) is 7.71. The summed E-state index contributed by atoms with van der Waals surface area (Å²) in [6.07, 6.45) is 0. The summed E-state index contributed by atoms with van der Waals surface area (Å²) in [5, 5.41) is 0.430. The standard InChI is InChI=1S/C20H25ClN2O4S/c1-4-22(5-2)20(24)15-23(18-9-7-8-10-19(18)27-6-3)28(25,26)17-13-11-16(21)12-14-17/h7-14H,4-6,15H2,1-3H3. The average Bonchev–Trinajstić information content (AvgIpc) is 2.68. The Hall–Kier alpha value is -2.25. The molecule has 2 aromatic rings. The first kappa shape index (κ1) is 22.0. The number of hydrogen-bond donors (Lipinski definition) is 0. The molecule has 0 fully saturated rings. The lowest BCUT2D eigenvalue weighted by atomic mass is 10.3. The first-order valence-corrected chi connectivity index (χ1v) is 10.9. The number of benzene rings is 2. The number of ether oxygens (including phenoxy) is 1. The minimum absolute atomic E-state index is 0.0514. The van der Waals surface area contributed by atoms with Crippen LogP contribution in [0.25, 0.3) is 0 Å². The number of carbonyl (C=O) groups excluding carboxylic acids is 1. The van der Waals surface area contributed by atoms with Gasteiger partial charge in [0.05, 0.1) is 17.2 Å². The predicted octanol–water partition coefficient (Wildman–Crippen LogP) is 3.80. The van der Waals surface area contributed by atoms with Gasteiger partial charge in [-0.05, 0) is 57.2 Å². The summed E-state index contributed by atoms with van der Waals surface area (Å²) < 4.78 is 33.5. The highest BCUT2D eigenvalue weighted by Gasteiger charge is 2.30. The van der Waals surface area contributed by atoms with E-state index in [-0.39, 0.29) is 17.3 Å². The lowest BCUT2D eigenvalue weighted by molar-refractivity contribution is -0.129.